The third kappa shape index (κ3) is 2.08. The monoisotopic (exact) mass is 291 g/mol. The van der Waals surface area contributed by atoms with E-state index in [0.717, 1.165) is 20.2 Å². The predicted molar refractivity (Wildman–Crippen MR) is 56.3 cm³/mol. The second-order valence-corrected chi connectivity index (χ2v) is 4.11. The lowest BCUT2D eigenvalue weighted by atomic mass is 10.2. The molecule has 0 aromatic heterocycles. The van der Waals surface area contributed by atoms with Gasteiger partial charge < -0.3 is 5.32 Å². The molecule has 1 amide bonds. The van der Waals surface area contributed by atoms with Gasteiger partial charge in [-0.25, -0.2) is 0 Å². The minimum atomic E-state index is 0.668. The van der Waals surface area contributed by atoms with Crippen LogP contribution in [0, 0.1) is 6.92 Å². The SMILES string of the molecule is Cc1cc(Br)cc(Br)c1NC=O. The average molecular weight is 293 g/mol. The number of hydrogen-bond acceptors (Lipinski definition) is 1. The van der Waals surface area contributed by atoms with Crippen LogP contribution in [0.2, 0.25) is 0 Å². The summed E-state index contributed by atoms with van der Waals surface area (Å²) in [6.07, 6.45) is 0.668. The predicted octanol–water partition coefficient (Wildman–Crippen LogP) is 3.09. The van der Waals surface area contributed by atoms with Crippen molar-refractivity contribution in [2.75, 3.05) is 5.32 Å². The third-order valence-electron chi connectivity index (χ3n) is 1.46. The molecule has 1 aromatic rings. The summed E-state index contributed by atoms with van der Waals surface area (Å²) < 4.78 is 1.87. The normalized spacial score (nSPS) is 9.58. The van der Waals surface area contributed by atoms with Crippen LogP contribution in [0.5, 0.6) is 0 Å². The Labute approximate surface area is 87.6 Å². The first kappa shape index (κ1) is 9.74. The lowest BCUT2D eigenvalue weighted by molar-refractivity contribution is -0.105. The number of carbonyl (C=O) groups is 1. The minimum Gasteiger partial charge on any atom is -0.327 e. The second-order valence-electron chi connectivity index (χ2n) is 2.34. The van der Waals surface area contributed by atoms with Gasteiger partial charge in [-0.3, -0.25) is 4.79 Å². The van der Waals surface area contributed by atoms with E-state index in [0.29, 0.717) is 6.41 Å². The van der Waals surface area contributed by atoms with Gasteiger partial charge in [0.2, 0.25) is 6.41 Å². The molecule has 0 saturated carbocycles. The molecule has 0 bridgehead atoms. The lowest BCUT2D eigenvalue weighted by Gasteiger charge is -2.06. The van der Waals surface area contributed by atoms with Crippen molar-refractivity contribution in [2.45, 2.75) is 6.92 Å². The highest BCUT2D eigenvalue weighted by Crippen LogP contribution is 2.29. The summed E-state index contributed by atoms with van der Waals surface area (Å²) in [5.41, 5.74) is 1.83. The molecular weight excluding hydrogens is 286 g/mol. The molecule has 2 nitrogen and oxygen atoms in total. The smallest absolute Gasteiger partial charge is 0.211 e. The summed E-state index contributed by atoms with van der Waals surface area (Å²) in [5.74, 6) is 0. The van der Waals surface area contributed by atoms with Gasteiger partial charge in [-0.05, 0) is 40.5 Å². The molecule has 0 radical (unpaired) electrons. The summed E-state index contributed by atoms with van der Waals surface area (Å²) >= 11 is 6.70. The Bertz CT molecular complexity index is 289. The van der Waals surface area contributed by atoms with E-state index in [1.807, 2.05) is 19.1 Å². The molecule has 0 saturated heterocycles. The number of benzene rings is 1. The average Bonchev–Trinajstić information content (AvgIpc) is 1.96. The highest BCUT2D eigenvalue weighted by molar-refractivity contribution is 9.11. The van der Waals surface area contributed by atoms with Crippen molar-refractivity contribution < 1.29 is 4.79 Å². The number of nitrogens with one attached hydrogen (secondary N) is 1. The van der Waals surface area contributed by atoms with Gasteiger partial charge in [-0.15, -0.1) is 0 Å². The number of rotatable bonds is 2. The topological polar surface area (TPSA) is 29.1 Å². The molecule has 1 rings (SSSR count). The van der Waals surface area contributed by atoms with Gasteiger partial charge >= 0.3 is 0 Å². The Balaban J connectivity index is 3.18. The third-order valence-corrected chi connectivity index (χ3v) is 2.54. The van der Waals surface area contributed by atoms with E-state index >= 15 is 0 Å². The fourth-order valence-corrected chi connectivity index (χ4v) is 2.50. The first-order valence-electron chi connectivity index (χ1n) is 3.31. The van der Waals surface area contributed by atoms with E-state index in [1.165, 1.54) is 0 Å². The van der Waals surface area contributed by atoms with Crippen LogP contribution in [0.4, 0.5) is 5.69 Å². The Kier molecular flexibility index (Phi) is 3.29. The molecular formula is C8H7Br2NO. The van der Waals surface area contributed by atoms with E-state index in [9.17, 15) is 4.79 Å². The molecule has 0 spiro atoms. The zero-order valence-electron chi connectivity index (χ0n) is 6.40. The highest BCUT2D eigenvalue weighted by Gasteiger charge is 2.03. The standard InChI is InChI=1S/C8H7Br2NO/c1-5-2-6(9)3-7(10)8(5)11-4-12/h2-4H,1H3,(H,11,12). The summed E-state index contributed by atoms with van der Waals surface area (Å²) in [5, 5.41) is 2.62. The van der Waals surface area contributed by atoms with Gasteiger partial charge in [0.05, 0.1) is 5.69 Å². The largest absolute Gasteiger partial charge is 0.327 e. The van der Waals surface area contributed by atoms with Crippen LogP contribution in [-0.2, 0) is 4.79 Å². The van der Waals surface area contributed by atoms with Crippen molar-refractivity contribution in [1.82, 2.24) is 0 Å². The van der Waals surface area contributed by atoms with Crippen molar-refractivity contribution in [1.29, 1.82) is 0 Å². The maximum absolute atomic E-state index is 10.2. The molecule has 12 heavy (non-hydrogen) atoms. The summed E-state index contributed by atoms with van der Waals surface area (Å²) in [4.78, 5) is 10.2. The zero-order valence-corrected chi connectivity index (χ0v) is 9.57. The Morgan fingerprint density at radius 1 is 1.42 bits per heavy atom. The molecule has 0 heterocycles. The van der Waals surface area contributed by atoms with Crippen LogP contribution in [0.15, 0.2) is 21.1 Å². The fourth-order valence-electron chi connectivity index (χ4n) is 0.944. The Morgan fingerprint density at radius 2 is 2.08 bits per heavy atom. The molecule has 64 valence electrons. The lowest BCUT2D eigenvalue weighted by Crippen LogP contribution is -1.97. The molecule has 4 heteroatoms. The van der Waals surface area contributed by atoms with Crippen molar-refractivity contribution in [2.24, 2.45) is 0 Å². The molecule has 0 fully saturated rings. The van der Waals surface area contributed by atoms with Gasteiger partial charge in [-0.1, -0.05) is 15.9 Å². The number of halogens is 2. The van der Waals surface area contributed by atoms with Crippen molar-refractivity contribution in [3.63, 3.8) is 0 Å². The van der Waals surface area contributed by atoms with Crippen LogP contribution in [-0.4, -0.2) is 6.41 Å². The van der Waals surface area contributed by atoms with E-state index in [4.69, 9.17) is 0 Å². The number of hydrogen-bond donors (Lipinski definition) is 1. The van der Waals surface area contributed by atoms with E-state index in [1.54, 1.807) is 0 Å². The second kappa shape index (κ2) is 4.05. The fraction of sp³-hybridized carbons (Fsp3) is 0.125. The summed E-state index contributed by atoms with van der Waals surface area (Å²) in [6.45, 7) is 1.93. The van der Waals surface area contributed by atoms with Crippen LogP contribution < -0.4 is 5.32 Å². The number of anilines is 1. The highest BCUT2D eigenvalue weighted by atomic mass is 79.9. The van der Waals surface area contributed by atoms with Gasteiger partial charge in [0.25, 0.3) is 0 Å². The maximum atomic E-state index is 10.2. The summed E-state index contributed by atoms with van der Waals surface area (Å²) in [7, 11) is 0. The molecule has 0 unspecified atom stereocenters. The van der Waals surface area contributed by atoms with Gasteiger partial charge in [0.1, 0.15) is 0 Å². The van der Waals surface area contributed by atoms with E-state index in [-0.39, 0.29) is 0 Å². The maximum Gasteiger partial charge on any atom is 0.211 e. The van der Waals surface area contributed by atoms with E-state index in [2.05, 4.69) is 37.2 Å². The quantitative estimate of drug-likeness (QED) is 0.834. The summed E-state index contributed by atoms with van der Waals surface area (Å²) in [6, 6.07) is 3.83. The number of carbonyl (C=O) groups excluding carboxylic acids is 1. The van der Waals surface area contributed by atoms with Crippen LogP contribution in [0.1, 0.15) is 5.56 Å². The first-order chi connectivity index (χ1) is 5.65. The van der Waals surface area contributed by atoms with Crippen LogP contribution in [0.25, 0.3) is 0 Å². The Morgan fingerprint density at radius 3 is 2.58 bits per heavy atom. The van der Waals surface area contributed by atoms with Crippen molar-refractivity contribution >= 4 is 44.0 Å². The van der Waals surface area contributed by atoms with Crippen LogP contribution in [0.3, 0.4) is 0 Å². The minimum absolute atomic E-state index is 0.668. The van der Waals surface area contributed by atoms with Crippen molar-refractivity contribution in [3.8, 4) is 0 Å². The van der Waals surface area contributed by atoms with E-state index < -0.39 is 0 Å². The van der Waals surface area contributed by atoms with Crippen molar-refractivity contribution in [3.05, 3.63) is 26.6 Å². The molecule has 0 aliphatic rings. The number of aryl methyl sites for hydroxylation is 1. The zero-order chi connectivity index (χ0) is 9.14. The van der Waals surface area contributed by atoms with Gasteiger partial charge in [0.15, 0.2) is 0 Å². The number of amides is 1. The Hall–Kier alpha value is -0.350. The molecule has 0 aliphatic heterocycles. The van der Waals surface area contributed by atoms with Crippen LogP contribution >= 0.6 is 31.9 Å². The molecule has 1 aromatic carbocycles. The molecule has 0 aliphatic carbocycles. The van der Waals surface area contributed by atoms with Gasteiger partial charge in [-0.2, -0.15) is 0 Å². The van der Waals surface area contributed by atoms with Gasteiger partial charge in [0, 0.05) is 8.95 Å². The first-order valence-corrected chi connectivity index (χ1v) is 4.89. The molecule has 0 atom stereocenters. The molecule has 1 N–H and O–H groups in total.